The zero-order chi connectivity index (χ0) is 12.9. The van der Waals surface area contributed by atoms with E-state index in [0.717, 1.165) is 0 Å². The summed E-state index contributed by atoms with van der Waals surface area (Å²) in [4.78, 5) is 45.7. The van der Waals surface area contributed by atoms with Gasteiger partial charge in [-0.2, -0.15) is 0 Å². The Hall–Kier alpha value is -2.06. The molecule has 0 heterocycles. The summed E-state index contributed by atoms with van der Waals surface area (Å²) in [7, 11) is 0. The van der Waals surface area contributed by atoms with E-state index in [1.807, 2.05) is 0 Å². The molecule has 0 spiro atoms. The molecular formula is C5H2MnO9. The van der Waals surface area contributed by atoms with Crippen LogP contribution in [0.25, 0.3) is 0 Å². The van der Waals surface area contributed by atoms with Crippen molar-refractivity contribution in [3.8, 4) is 0 Å². The number of rotatable bonds is 0. The van der Waals surface area contributed by atoms with Crippen LogP contribution in [0.2, 0.25) is 0 Å². The van der Waals surface area contributed by atoms with E-state index < -0.39 is 29.8 Å². The Bertz CT molecular complexity index is 1440. The summed E-state index contributed by atoms with van der Waals surface area (Å²) in [6, 6.07) is 0. The molecule has 0 aromatic rings. The van der Waals surface area contributed by atoms with E-state index in [4.69, 9.17) is 8.38 Å². The van der Waals surface area contributed by atoms with Gasteiger partial charge in [-0.05, 0) is 0 Å². The second kappa shape index (κ2) is 0.942. The molecule has 10 heteroatoms. The molecule has 0 aromatic carbocycles. The molecule has 9 nitrogen and oxygen atoms in total. The topological polar surface area (TPSA) is 160 Å². The molecule has 0 aliphatic rings. The van der Waals surface area contributed by atoms with E-state index >= 15 is 0 Å². The fourth-order valence-corrected chi connectivity index (χ4v) is 0.649. The van der Waals surface area contributed by atoms with Crippen LogP contribution in [-0.2, 0) is 37.5 Å². The molecule has 0 bridgehead atoms. The van der Waals surface area contributed by atoms with E-state index in [2.05, 4.69) is 0 Å². The van der Waals surface area contributed by atoms with Gasteiger partial charge in [0.05, 0.1) is 0 Å². The average molecular weight is 261 g/mol. The standard InChI is InChI=1S/5CO.Mn.2H2O.2O/c5*1-2;;;;;/h;;;;;;2*1H2;;/q;;;;;+2;;;;/p-2. The Morgan fingerprint density at radius 2 is 0.733 bits per heavy atom. The van der Waals surface area contributed by atoms with Crippen LogP contribution in [0.1, 0.15) is 0 Å². The van der Waals surface area contributed by atoms with Gasteiger partial charge in [0, 0.05) is 0 Å². The van der Waals surface area contributed by atoms with Crippen LogP contribution in [0.5, 0.6) is 0 Å². The quantitative estimate of drug-likeness (QED) is 0.424. The third kappa shape index (κ3) is 0.819. The van der Waals surface area contributed by atoms with Crippen LogP contribution in [0.15, 0.2) is 0 Å². The maximum atomic E-state index is 11.4. The first-order valence-corrected chi connectivity index (χ1v) is 7.58. The Balaban J connectivity index is 13.0. The summed E-state index contributed by atoms with van der Waals surface area (Å²) in [5.41, 5.74) is 0. The first-order chi connectivity index (χ1) is 6.05. The second-order valence-corrected chi connectivity index (χ2v) is 13.9. The van der Waals surface area contributed by atoms with Crippen LogP contribution >= 0.6 is 0 Å². The minimum atomic E-state index is -12.4. The van der Waals surface area contributed by atoms with Gasteiger partial charge >= 0.3 is 69.9 Å². The van der Waals surface area contributed by atoms with E-state index in [1.165, 1.54) is 0 Å². The molecule has 0 aliphatic carbocycles. The molecule has 0 radical (unpaired) electrons. The minimum absolute atomic E-state index is 0.979. The molecule has 0 atom stereocenters. The molecule has 0 unspecified atom stereocenters. The van der Waals surface area contributed by atoms with E-state index in [1.54, 1.807) is 0 Å². The molecule has 0 aromatic heterocycles. The van der Waals surface area contributed by atoms with Gasteiger partial charge in [-0.1, -0.05) is 0 Å². The fraction of sp³-hybridized carbons (Fsp3) is 0. The molecule has 83 valence electrons. The third-order valence-electron chi connectivity index (χ3n) is 1.43. The van der Waals surface area contributed by atoms with E-state index in [9.17, 15) is 31.6 Å². The van der Waals surface area contributed by atoms with Crippen molar-refractivity contribution in [2.24, 2.45) is 0 Å². The SMILES string of the molecule is O=[C]=[Mn](=[O])(=[O])([OH])([OH])(=[C]=O)(=[C]=O)(=[C]=O)=[C]=O. The zero-order valence-corrected chi connectivity index (χ0v) is 7.81. The van der Waals surface area contributed by atoms with Gasteiger partial charge in [-0.3, -0.25) is 0 Å². The van der Waals surface area contributed by atoms with Crippen molar-refractivity contribution in [2.45, 2.75) is 0 Å². The number of carbonyl (C=O) groups excluding carboxylic acids is 5. The van der Waals surface area contributed by atoms with Crippen molar-refractivity contribution in [1.29, 1.82) is 0 Å². The molecular weight excluding hydrogens is 259 g/mol. The molecule has 2 N–H and O–H groups in total. The summed E-state index contributed by atoms with van der Waals surface area (Å²) in [5.74, 6) is -12.4. The monoisotopic (exact) mass is 261 g/mol. The van der Waals surface area contributed by atoms with Crippen molar-refractivity contribution in [3.63, 3.8) is 0 Å². The van der Waals surface area contributed by atoms with Crippen molar-refractivity contribution in [3.05, 3.63) is 0 Å². The van der Waals surface area contributed by atoms with Gasteiger partial charge in [0.1, 0.15) is 0 Å². The van der Waals surface area contributed by atoms with E-state index in [0.29, 0.717) is 0 Å². The van der Waals surface area contributed by atoms with Gasteiger partial charge < -0.3 is 0 Å². The first-order valence-electron chi connectivity index (χ1n) is 2.61. The molecule has 15 heavy (non-hydrogen) atoms. The van der Waals surface area contributed by atoms with Gasteiger partial charge in [0.2, 0.25) is 0 Å². The summed E-state index contributed by atoms with van der Waals surface area (Å²) in [6.45, 7) is 0. The summed E-state index contributed by atoms with van der Waals surface area (Å²) >= 11 is 0. The predicted octanol–water partition coefficient (Wildman–Crippen LogP) is -3.34. The Morgan fingerprint density at radius 1 is 0.600 bits per heavy atom. The van der Waals surface area contributed by atoms with Crippen molar-refractivity contribution < 1.29 is 45.9 Å². The molecule has 0 saturated carbocycles. The van der Waals surface area contributed by atoms with Crippen LogP contribution in [0.4, 0.5) is 0 Å². The molecule has 0 aliphatic heterocycles. The van der Waals surface area contributed by atoms with Crippen molar-refractivity contribution >= 4 is 23.9 Å². The fourth-order valence-electron chi connectivity index (χ4n) is 0.157. The van der Waals surface area contributed by atoms with Gasteiger partial charge in [-0.15, -0.1) is 0 Å². The predicted molar refractivity (Wildman–Crippen MR) is 34.3 cm³/mol. The van der Waals surface area contributed by atoms with Crippen molar-refractivity contribution in [2.75, 3.05) is 0 Å². The van der Waals surface area contributed by atoms with Gasteiger partial charge in [-0.25, -0.2) is 0 Å². The maximum absolute atomic E-state index is 12.4. The second-order valence-electron chi connectivity index (χ2n) is 3.36. The molecule has 0 fully saturated rings. The van der Waals surface area contributed by atoms with Gasteiger partial charge in [0.25, 0.3) is 0 Å². The first kappa shape index (κ1) is 12.9. The summed E-state index contributed by atoms with van der Waals surface area (Å²) in [6.07, 6.45) is 0. The Kier molecular flexibility index (Phi) is 0.813. The van der Waals surface area contributed by atoms with E-state index in [-0.39, 0.29) is 0 Å². The average Bonchev–Trinajstić information content (AvgIpc) is 2.23. The molecule has 0 rings (SSSR count). The van der Waals surface area contributed by atoms with Crippen LogP contribution < -0.4 is 0 Å². The number of hydrogen-bond acceptors (Lipinski definition) is 7. The van der Waals surface area contributed by atoms with Crippen molar-refractivity contribution in [1.82, 2.24) is 0 Å². The number of hydrogen-bond donors (Lipinski definition) is 2. The Labute approximate surface area is 70.5 Å². The normalized spacial score (nSPS) is 24.3. The van der Waals surface area contributed by atoms with Crippen LogP contribution in [0, 0.1) is 0 Å². The Morgan fingerprint density at radius 3 is 0.733 bits per heavy atom. The van der Waals surface area contributed by atoms with Crippen LogP contribution in [0.3, 0.4) is 0 Å². The summed E-state index contributed by atoms with van der Waals surface area (Å²) in [5, 5.41) is 0. The van der Waals surface area contributed by atoms with Crippen LogP contribution in [-0.4, -0.2) is 32.3 Å². The zero-order valence-electron chi connectivity index (χ0n) is 6.63. The summed E-state index contributed by atoms with van der Waals surface area (Å²) < 4.78 is 40.5. The third-order valence-corrected chi connectivity index (χ3v) is 5.90. The van der Waals surface area contributed by atoms with Gasteiger partial charge in [0.15, 0.2) is 0 Å². The molecule has 0 saturated heterocycles. The molecule has 0 amide bonds.